The molecular weight excluding hydrogens is 234 g/mol. The lowest BCUT2D eigenvalue weighted by Gasteiger charge is -2.16. The summed E-state index contributed by atoms with van der Waals surface area (Å²) in [7, 11) is 1.60. The number of hydrogen-bond donors (Lipinski definition) is 1. The SMILES string of the molecule is CC(C)C(C(=O)O)c1ccc2oc(=O)n(C)c2c1. The van der Waals surface area contributed by atoms with Gasteiger partial charge in [0.1, 0.15) is 0 Å². The number of aliphatic carboxylic acids is 1. The highest BCUT2D eigenvalue weighted by atomic mass is 16.4. The van der Waals surface area contributed by atoms with E-state index in [0.717, 1.165) is 0 Å². The normalized spacial score (nSPS) is 13.1. The lowest BCUT2D eigenvalue weighted by molar-refractivity contribution is -0.139. The number of nitrogens with zero attached hydrogens (tertiary/aromatic N) is 1. The molecule has 0 saturated carbocycles. The van der Waals surface area contributed by atoms with Gasteiger partial charge >= 0.3 is 11.7 Å². The molecule has 0 spiro atoms. The molecule has 0 radical (unpaired) electrons. The van der Waals surface area contributed by atoms with Crippen LogP contribution in [0.15, 0.2) is 27.4 Å². The second-order valence-electron chi connectivity index (χ2n) is 4.71. The van der Waals surface area contributed by atoms with Crippen molar-refractivity contribution in [3.63, 3.8) is 0 Å². The minimum Gasteiger partial charge on any atom is -0.481 e. The van der Waals surface area contributed by atoms with Gasteiger partial charge in [0, 0.05) is 7.05 Å². The van der Waals surface area contributed by atoms with Crippen LogP contribution in [0.25, 0.3) is 11.1 Å². The predicted octanol–water partition coefficient (Wildman–Crippen LogP) is 1.96. The van der Waals surface area contributed by atoms with Gasteiger partial charge in [-0.05, 0) is 23.6 Å². The number of rotatable bonds is 3. The molecule has 0 amide bonds. The van der Waals surface area contributed by atoms with Crippen LogP contribution >= 0.6 is 0 Å². The third-order valence-electron chi connectivity index (χ3n) is 3.11. The first-order valence-electron chi connectivity index (χ1n) is 5.74. The van der Waals surface area contributed by atoms with E-state index in [0.29, 0.717) is 16.7 Å². The molecule has 1 aromatic heterocycles. The fourth-order valence-electron chi connectivity index (χ4n) is 2.15. The maximum Gasteiger partial charge on any atom is 0.419 e. The fraction of sp³-hybridized carbons (Fsp3) is 0.385. The molecule has 0 fully saturated rings. The molecule has 0 aliphatic heterocycles. The van der Waals surface area contributed by atoms with E-state index >= 15 is 0 Å². The van der Waals surface area contributed by atoms with E-state index in [9.17, 15) is 14.7 Å². The van der Waals surface area contributed by atoms with Gasteiger partial charge in [-0.25, -0.2) is 4.79 Å². The molecule has 2 rings (SSSR count). The van der Waals surface area contributed by atoms with E-state index in [1.165, 1.54) is 4.57 Å². The van der Waals surface area contributed by atoms with Gasteiger partial charge in [0.2, 0.25) is 0 Å². The zero-order valence-electron chi connectivity index (χ0n) is 10.5. The number of carboxylic acid groups (broad SMARTS) is 1. The topological polar surface area (TPSA) is 72.4 Å². The average Bonchev–Trinajstić information content (AvgIpc) is 2.55. The van der Waals surface area contributed by atoms with Gasteiger partial charge in [0.25, 0.3) is 0 Å². The van der Waals surface area contributed by atoms with E-state index in [-0.39, 0.29) is 5.92 Å². The van der Waals surface area contributed by atoms with Gasteiger partial charge in [0.15, 0.2) is 5.58 Å². The van der Waals surface area contributed by atoms with Crippen LogP contribution < -0.4 is 5.76 Å². The summed E-state index contributed by atoms with van der Waals surface area (Å²) in [4.78, 5) is 22.6. The van der Waals surface area contributed by atoms with Gasteiger partial charge in [-0.2, -0.15) is 0 Å². The van der Waals surface area contributed by atoms with E-state index in [4.69, 9.17) is 4.42 Å². The van der Waals surface area contributed by atoms with E-state index in [2.05, 4.69) is 0 Å². The molecule has 0 bridgehead atoms. The molecule has 1 N–H and O–H groups in total. The Labute approximate surface area is 104 Å². The Balaban J connectivity index is 2.61. The molecule has 2 aromatic rings. The second kappa shape index (κ2) is 4.33. The predicted molar refractivity (Wildman–Crippen MR) is 66.7 cm³/mol. The zero-order valence-corrected chi connectivity index (χ0v) is 10.5. The summed E-state index contributed by atoms with van der Waals surface area (Å²) in [5.74, 6) is -1.92. The third kappa shape index (κ3) is 1.92. The highest BCUT2D eigenvalue weighted by molar-refractivity contribution is 5.80. The van der Waals surface area contributed by atoms with Crippen LogP contribution in [0.4, 0.5) is 0 Å². The molecule has 1 atom stereocenters. The highest BCUT2D eigenvalue weighted by Crippen LogP contribution is 2.27. The summed E-state index contributed by atoms with van der Waals surface area (Å²) in [6, 6.07) is 5.05. The molecule has 0 saturated heterocycles. The minimum atomic E-state index is -0.863. The summed E-state index contributed by atoms with van der Waals surface area (Å²) >= 11 is 0. The fourth-order valence-corrected chi connectivity index (χ4v) is 2.15. The number of oxazole rings is 1. The van der Waals surface area contributed by atoms with Gasteiger partial charge < -0.3 is 9.52 Å². The van der Waals surface area contributed by atoms with E-state index < -0.39 is 17.6 Å². The van der Waals surface area contributed by atoms with E-state index in [1.54, 1.807) is 25.2 Å². The number of fused-ring (bicyclic) bond motifs is 1. The van der Waals surface area contributed by atoms with Crippen molar-refractivity contribution in [1.82, 2.24) is 4.57 Å². The van der Waals surface area contributed by atoms with Gasteiger partial charge in [-0.15, -0.1) is 0 Å². The van der Waals surface area contributed by atoms with Gasteiger partial charge in [-0.1, -0.05) is 19.9 Å². The number of hydrogen-bond acceptors (Lipinski definition) is 3. The molecule has 5 heteroatoms. The molecule has 1 unspecified atom stereocenters. The lowest BCUT2D eigenvalue weighted by Crippen LogP contribution is -2.17. The van der Waals surface area contributed by atoms with Crippen LogP contribution in [-0.2, 0) is 11.8 Å². The molecule has 1 heterocycles. The molecule has 0 aliphatic carbocycles. The number of carbonyl (C=O) groups is 1. The average molecular weight is 249 g/mol. The Morgan fingerprint density at radius 2 is 2.06 bits per heavy atom. The zero-order chi connectivity index (χ0) is 13.4. The summed E-state index contributed by atoms with van der Waals surface area (Å²) in [5.41, 5.74) is 1.77. The van der Waals surface area contributed by atoms with Crippen molar-refractivity contribution in [3.8, 4) is 0 Å². The Kier molecular flexibility index (Phi) is 2.98. The van der Waals surface area contributed by atoms with Gasteiger partial charge in [0.05, 0.1) is 11.4 Å². The van der Waals surface area contributed by atoms with E-state index in [1.807, 2.05) is 13.8 Å². The van der Waals surface area contributed by atoms with Crippen molar-refractivity contribution in [3.05, 3.63) is 34.3 Å². The smallest absolute Gasteiger partial charge is 0.419 e. The van der Waals surface area contributed by atoms with Crippen molar-refractivity contribution in [1.29, 1.82) is 0 Å². The van der Waals surface area contributed by atoms with Crippen LogP contribution in [0.1, 0.15) is 25.3 Å². The number of aromatic nitrogens is 1. The molecule has 1 aromatic carbocycles. The van der Waals surface area contributed by atoms with Crippen LogP contribution in [0.3, 0.4) is 0 Å². The van der Waals surface area contributed by atoms with Gasteiger partial charge in [-0.3, -0.25) is 9.36 Å². The first kappa shape index (κ1) is 12.4. The van der Waals surface area contributed by atoms with Crippen molar-refractivity contribution < 1.29 is 14.3 Å². The summed E-state index contributed by atoms with van der Waals surface area (Å²) in [6.45, 7) is 3.72. The Hall–Kier alpha value is -2.04. The first-order valence-corrected chi connectivity index (χ1v) is 5.74. The molecular formula is C13H15NO4. The Morgan fingerprint density at radius 1 is 1.39 bits per heavy atom. The van der Waals surface area contributed by atoms with Crippen molar-refractivity contribution >= 4 is 17.1 Å². The maximum absolute atomic E-state index is 11.4. The third-order valence-corrected chi connectivity index (χ3v) is 3.11. The monoisotopic (exact) mass is 249 g/mol. The largest absolute Gasteiger partial charge is 0.481 e. The van der Waals surface area contributed by atoms with Crippen LogP contribution in [0, 0.1) is 5.92 Å². The second-order valence-corrected chi connectivity index (χ2v) is 4.71. The number of carboxylic acids is 1. The maximum atomic E-state index is 11.4. The van der Waals surface area contributed by atoms with Crippen LogP contribution in [-0.4, -0.2) is 15.6 Å². The molecule has 18 heavy (non-hydrogen) atoms. The van der Waals surface area contributed by atoms with Crippen molar-refractivity contribution in [2.75, 3.05) is 0 Å². The lowest BCUT2D eigenvalue weighted by atomic mass is 9.88. The van der Waals surface area contributed by atoms with Crippen molar-refractivity contribution in [2.24, 2.45) is 13.0 Å². The van der Waals surface area contributed by atoms with Crippen LogP contribution in [0.5, 0.6) is 0 Å². The summed E-state index contributed by atoms with van der Waals surface area (Å²) in [6.07, 6.45) is 0. The highest BCUT2D eigenvalue weighted by Gasteiger charge is 2.24. The summed E-state index contributed by atoms with van der Waals surface area (Å²) in [5, 5.41) is 9.25. The van der Waals surface area contributed by atoms with Crippen LogP contribution in [0.2, 0.25) is 0 Å². The van der Waals surface area contributed by atoms with Crippen molar-refractivity contribution in [2.45, 2.75) is 19.8 Å². The Bertz CT molecular complexity index is 651. The molecule has 0 aliphatic rings. The standard InChI is InChI=1S/C13H15NO4/c1-7(2)11(12(15)16)8-4-5-10-9(6-8)14(3)13(17)18-10/h4-7,11H,1-3H3,(H,15,16). The molecule has 5 nitrogen and oxygen atoms in total. The molecule has 96 valence electrons. The minimum absolute atomic E-state index is 0.0242. The Morgan fingerprint density at radius 3 is 2.61 bits per heavy atom. The quantitative estimate of drug-likeness (QED) is 0.902. The summed E-state index contributed by atoms with van der Waals surface area (Å²) < 4.78 is 6.39. The number of aryl methyl sites for hydroxylation is 1. The number of benzene rings is 1. The first-order chi connectivity index (χ1) is 8.41.